The van der Waals surface area contributed by atoms with E-state index in [1.165, 1.54) is 23.1 Å². The number of aromatic nitrogens is 5. The lowest BCUT2D eigenvalue weighted by Gasteiger charge is -2.14. The monoisotopic (exact) mass is 362 g/mol. The van der Waals surface area contributed by atoms with Gasteiger partial charge in [-0.1, -0.05) is 11.8 Å². The van der Waals surface area contributed by atoms with E-state index in [1.807, 2.05) is 32.2 Å². The van der Waals surface area contributed by atoms with E-state index in [2.05, 4.69) is 20.1 Å². The minimum Gasteiger partial charge on any atom is -0.289 e. The SMILES string of the molecule is CCN(C(C)=O)c1nc(CSc2nc3nc(C)cc(C)n3n2)cs1. The van der Waals surface area contributed by atoms with Crippen molar-refractivity contribution in [2.24, 2.45) is 0 Å². The third-order valence-corrected chi connectivity index (χ3v) is 5.20. The summed E-state index contributed by atoms with van der Waals surface area (Å²) in [6, 6.07) is 1.98. The van der Waals surface area contributed by atoms with Crippen LogP contribution in [-0.4, -0.2) is 37.0 Å². The van der Waals surface area contributed by atoms with Crippen LogP contribution in [0.5, 0.6) is 0 Å². The molecule has 0 aromatic carbocycles. The number of carbonyl (C=O) groups excluding carboxylic acids is 1. The van der Waals surface area contributed by atoms with E-state index < -0.39 is 0 Å². The van der Waals surface area contributed by atoms with Crippen LogP contribution in [0, 0.1) is 13.8 Å². The summed E-state index contributed by atoms with van der Waals surface area (Å²) in [4.78, 5) is 26.6. The lowest BCUT2D eigenvalue weighted by atomic mass is 10.4. The van der Waals surface area contributed by atoms with E-state index in [9.17, 15) is 4.79 Å². The van der Waals surface area contributed by atoms with Gasteiger partial charge in [-0.05, 0) is 26.8 Å². The maximum Gasteiger partial charge on any atom is 0.253 e. The molecule has 0 spiro atoms. The third-order valence-electron chi connectivity index (χ3n) is 3.41. The van der Waals surface area contributed by atoms with E-state index >= 15 is 0 Å². The van der Waals surface area contributed by atoms with Crippen LogP contribution in [0.3, 0.4) is 0 Å². The van der Waals surface area contributed by atoms with Crippen molar-refractivity contribution in [2.75, 3.05) is 11.4 Å². The maximum atomic E-state index is 11.6. The van der Waals surface area contributed by atoms with E-state index in [1.54, 1.807) is 16.3 Å². The van der Waals surface area contributed by atoms with Crippen molar-refractivity contribution in [1.82, 2.24) is 24.6 Å². The van der Waals surface area contributed by atoms with Gasteiger partial charge in [0.2, 0.25) is 11.1 Å². The molecule has 24 heavy (non-hydrogen) atoms. The molecular weight excluding hydrogens is 344 g/mol. The molecule has 0 atom stereocenters. The predicted octanol–water partition coefficient (Wildman–Crippen LogP) is 2.86. The lowest BCUT2D eigenvalue weighted by molar-refractivity contribution is -0.116. The Labute approximate surface area is 148 Å². The number of rotatable bonds is 5. The number of nitrogens with zero attached hydrogens (tertiary/aromatic N) is 6. The second kappa shape index (κ2) is 6.86. The van der Waals surface area contributed by atoms with Gasteiger partial charge < -0.3 is 0 Å². The van der Waals surface area contributed by atoms with Crippen molar-refractivity contribution in [1.29, 1.82) is 0 Å². The first-order valence-electron chi connectivity index (χ1n) is 7.54. The quantitative estimate of drug-likeness (QED) is 0.650. The lowest BCUT2D eigenvalue weighted by Crippen LogP contribution is -2.27. The molecule has 3 heterocycles. The van der Waals surface area contributed by atoms with E-state index in [0.717, 1.165) is 22.2 Å². The van der Waals surface area contributed by atoms with Gasteiger partial charge in [0, 0.05) is 36.0 Å². The maximum absolute atomic E-state index is 11.6. The number of fused-ring (bicyclic) bond motifs is 1. The van der Waals surface area contributed by atoms with Gasteiger partial charge in [-0.15, -0.1) is 16.4 Å². The van der Waals surface area contributed by atoms with Gasteiger partial charge in [-0.25, -0.2) is 14.5 Å². The molecule has 3 aromatic rings. The summed E-state index contributed by atoms with van der Waals surface area (Å²) in [7, 11) is 0. The Balaban J connectivity index is 1.73. The summed E-state index contributed by atoms with van der Waals surface area (Å²) in [5.74, 6) is 1.27. The fourth-order valence-electron chi connectivity index (χ4n) is 2.33. The zero-order valence-corrected chi connectivity index (χ0v) is 15.6. The fourth-order valence-corrected chi connectivity index (χ4v) is 4.08. The fraction of sp³-hybridized carbons (Fsp3) is 0.400. The minimum absolute atomic E-state index is 0.00462. The van der Waals surface area contributed by atoms with E-state index in [4.69, 9.17) is 0 Å². The molecule has 3 aromatic heterocycles. The highest BCUT2D eigenvalue weighted by atomic mass is 32.2. The number of carbonyl (C=O) groups is 1. The number of amides is 1. The Morgan fingerprint density at radius 1 is 1.33 bits per heavy atom. The summed E-state index contributed by atoms with van der Waals surface area (Å²) in [5.41, 5.74) is 2.85. The molecule has 0 saturated heterocycles. The highest BCUT2D eigenvalue weighted by Crippen LogP contribution is 2.25. The minimum atomic E-state index is 0.00462. The largest absolute Gasteiger partial charge is 0.289 e. The third kappa shape index (κ3) is 3.41. The standard InChI is InChI=1S/C15H18N6OS2/c1-5-20(11(4)22)15-17-12(8-24-15)7-23-14-18-13-16-9(2)6-10(3)21(13)19-14/h6,8H,5,7H2,1-4H3. The summed E-state index contributed by atoms with van der Waals surface area (Å²) in [6.45, 7) is 8.04. The van der Waals surface area contributed by atoms with Gasteiger partial charge in [0.25, 0.3) is 5.78 Å². The number of thioether (sulfide) groups is 1. The summed E-state index contributed by atoms with van der Waals surface area (Å²) < 4.78 is 1.75. The first kappa shape index (κ1) is 16.8. The smallest absolute Gasteiger partial charge is 0.253 e. The van der Waals surface area contributed by atoms with Crippen molar-refractivity contribution in [3.63, 3.8) is 0 Å². The Morgan fingerprint density at radius 2 is 2.12 bits per heavy atom. The zero-order chi connectivity index (χ0) is 17.3. The number of aryl methyl sites for hydroxylation is 2. The molecule has 0 N–H and O–H groups in total. The second-order valence-electron chi connectivity index (χ2n) is 5.32. The van der Waals surface area contributed by atoms with Crippen LogP contribution >= 0.6 is 23.1 Å². The molecule has 0 saturated carbocycles. The van der Waals surface area contributed by atoms with Crippen LogP contribution in [0.25, 0.3) is 5.78 Å². The van der Waals surface area contributed by atoms with Crippen LogP contribution in [0.2, 0.25) is 0 Å². The first-order valence-corrected chi connectivity index (χ1v) is 9.40. The average molecular weight is 362 g/mol. The predicted molar refractivity (Wildman–Crippen MR) is 95.6 cm³/mol. The van der Waals surface area contributed by atoms with Crippen molar-refractivity contribution in [2.45, 2.75) is 38.6 Å². The van der Waals surface area contributed by atoms with Gasteiger partial charge in [-0.2, -0.15) is 4.98 Å². The number of hydrogen-bond acceptors (Lipinski definition) is 7. The molecule has 0 aliphatic rings. The van der Waals surface area contributed by atoms with Crippen LogP contribution in [0.4, 0.5) is 5.13 Å². The summed E-state index contributed by atoms with van der Waals surface area (Å²) in [6.07, 6.45) is 0. The Bertz CT molecular complexity index is 887. The number of hydrogen-bond donors (Lipinski definition) is 0. The molecule has 0 bridgehead atoms. The molecule has 0 radical (unpaired) electrons. The number of anilines is 1. The van der Waals surface area contributed by atoms with Gasteiger partial charge in [-0.3, -0.25) is 9.69 Å². The normalized spacial score (nSPS) is 11.2. The van der Waals surface area contributed by atoms with Crippen molar-refractivity contribution in [3.05, 3.63) is 28.5 Å². The zero-order valence-electron chi connectivity index (χ0n) is 14.0. The topological polar surface area (TPSA) is 76.3 Å². The molecule has 0 fully saturated rings. The average Bonchev–Trinajstić information content (AvgIpc) is 3.12. The Kier molecular flexibility index (Phi) is 4.81. The molecule has 126 valence electrons. The highest BCUT2D eigenvalue weighted by molar-refractivity contribution is 7.98. The molecule has 0 aliphatic heterocycles. The summed E-state index contributed by atoms with van der Waals surface area (Å²) >= 11 is 2.99. The van der Waals surface area contributed by atoms with E-state index in [0.29, 0.717) is 23.2 Å². The van der Waals surface area contributed by atoms with Crippen LogP contribution in [0.15, 0.2) is 16.6 Å². The van der Waals surface area contributed by atoms with Crippen molar-refractivity contribution in [3.8, 4) is 0 Å². The van der Waals surface area contributed by atoms with Gasteiger partial charge in [0.05, 0.1) is 5.69 Å². The molecule has 1 amide bonds. The molecule has 3 rings (SSSR count). The molecular formula is C15H18N6OS2. The summed E-state index contributed by atoms with van der Waals surface area (Å²) in [5, 5.41) is 7.85. The molecule has 0 aliphatic carbocycles. The van der Waals surface area contributed by atoms with Crippen molar-refractivity contribution >= 4 is 39.9 Å². The number of thiazole rings is 1. The molecule has 7 nitrogen and oxygen atoms in total. The Morgan fingerprint density at radius 3 is 2.83 bits per heavy atom. The second-order valence-corrected chi connectivity index (χ2v) is 7.10. The van der Waals surface area contributed by atoms with Crippen molar-refractivity contribution < 1.29 is 4.79 Å². The van der Waals surface area contributed by atoms with Gasteiger partial charge in [0.1, 0.15) is 0 Å². The molecule has 0 unspecified atom stereocenters. The van der Waals surface area contributed by atoms with Crippen LogP contribution in [0.1, 0.15) is 30.9 Å². The Hall–Kier alpha value is -2.00. The van der Waals surface area contributed by atoms with Gasteiger partial charge >= 0.3 is 0 Å². The van der Waals surface area contributed by atoms with Gasteiger partial charge in [0.15, 0.2) is 5.13 Å². The first-order chi connectivity index (χ1) is 11.5. The van der Waals surface area contributed by atoms with Crippen LogP contribution in [-0.2, 0) is 10.5 Å². The van der Waals surface area contributed by atoms with Crippen LogP contribution < -0.4 is 4.90 Å². The highest BCUT2D eigenvalue weighted by Gasteiger charge is 2.14. The van der Waals surface area contributed by atoms with E-state index in [-0.39, 0.29) is 5.91 Å². The molecule has 9 heteroatoms.